The van der Waals surface area contributed by atoms with Crippen molar-refractivity contribution in [3.8, 4) is 16.9 Å². The summed E-state index contributed by atoms with van der Waals surface area (Å²) in [6.07, 6.45) is 5.63. The van der Waals surface area contributed by atoms with E-state index in [-0.39, 0.29) is 23.9 Å². The van der Waals surface area contributed by atoms with Crippen molar-refractivity contribution >= 4 is 11.9 Å². The summed E-state index contributed by atoms with van der Waals surface area (Å²) in [7, 11) is 3.58. The molecule has 0 spiro atoms. The predicted molar refractivity (Wildman–Crippen MR) is 126 cm³/mol. The van der Waals surface area contributed by atoms with Crippen LogP contribution in [0.5, 0.6) is 5.75 Å². The van der Waals surface area contributed by atoms with Crippen LogP contribution >= 0.6 is 0 Å². The number of carbonyl (C=O) groups excluding carboxylic acids is 2. The van der Waals surface area contributed by atoms with Gasteiger partial charge in [0.25, 0.3) is 0 Å². The topological polar surface area (TPSA) is 70.7 Å². The molecule has 1 aliphatic heterocycles. The number of nitrogens with zero attached hydrogens (tertiary/aromatic N) is 1. The van der Waals surface area contributed by atoms with E-state index >= 15 is 0 Å². The fourth-order valence-electron chi connectivity index (χ4n) is 4.68. The second-order valence-electron chi connectivity index (χ2n) is 9.09. The number of benzene rings is 2. The minimum atomic E-state index is -0.174. The van der Waals surface area contributed by atoms with Gasteiger partial charge in [-0.25, -0.2) is 4.79 Å². The number of ether oxygens (including phenoxy) is 1. The molecule has 32 heavy (non-hydrogen) atoms. The van der Waals surface area contributed by atoms with Crippen LogP contribution in [0.25, 0.3) is 11.1 Å². The summed E-state index contributed by atoms with van der Waals surface area (Å²) in [5, 5.41) is 6.00. The van der Waals surface area contributed by atoms with E-state index in [1.54, 1.807) is 19.0 Å². The van der Waals surface area contributed by atoms with Gasteiger partial charge in [0, 0.05) is 32.6 Å². The van der Waals surface area contributed by atoms with Crippen molar-refractivity contribution in [1.82, 2.24) is 15.5 Å². The lowest BCUT2D eigenvalue weighted by molar-refractivity contribution is -0.134. The number of rotatable bonds is 5. The lowest BCUT2D eigenvalue weighted by Gasteiger charge is -2.30. The molecule has 2 aromatic rings. The van der Waals surface area contributed by atoms with Crippen molar-refractivity contribution in [3.05, 3.63) is 53.6 Å². The average Bonchev–Trinajstić information content (AvgIpc) is 2.82. The van der Waals surface area contributed by atoms with Gasteiger partial charge in [0.1, 0.15) is 5.75 Å². The molecule has 0 saturated heterocycles. The number of nitrogens with one attached hydrogen (secondary N) is 2. The first kappa shape index (κ1) is 22.2. The lowest BCUT2D eigenvalue weighted by Crippen LogP contribution is -2.45. The van der Waals surface area contributed by atoms with Crippen LogP contribution < -0.4 is 15.4 Å². The number of aryl methyl sites for hydroxylation is 1. The Morgan fingerprint density at radius 1 is 1.03 bits per heavy atom. The van der Waals surface area contributed by atoms with E-state index in [1.165, 1.54) is 11.1 Å². The van der Waals surface area contributed by atoms with Gasteiger partial charge in [-0.3, -0.25) is 4.79 Å². The Labute approximate surface area is 190 Å². The highest BCUT2D eigenvalue weighted by Crippen LogP contribution is 2.30. The molecule has 0 aromatic heterocycles. The van der Waals surface area contributed by atoms with E-state index in [4.69, 9.17) is 4.74 Å². The van der Waals surface area contributed by atoms with E-state index in [0.717, 1.165) is 55.6 Å². The van der Waals surface area contributed by atoms with E-state index < -0.39 is 0 Å². The molecule has 1 aliphatic carbocycles. The summed E-state index contributed by atoms with van der Waals surface area (Å²) < 4.78 is 5.71. The van der Waals surface area contributed by atoms with E-state index in [2.05, 4.69) is 53.1 Å². The average molecular weight is 436 g/mol. The van der Waals surface area contributed by atoms with Crippen molar-refractivity contribution in [2.24, 2.45) is 5.92 Å². The SMILES string of the molecule is CN(C)C(=O)C1CCCC(NC(=O)NCc2ccc(-c3ccc4c(c3)CCCO4)cc2)C1. The second kappa shape index (κ2) is 10.1. The molecule has 3 amide bonds. The molecule has 2 aromatic carbocycles. The van der Waals surface area contributed by atoms with Gasteiger partial charge in [0.15, 0.2) is 0 Å². The zero-order valence-electron chi connectivity index (χ0n) is 19.0. The van der Waals surface area contributed by atoms with Crippen LogP contribution in [-0.4, -0.2) is 43.6 Å². The third-order valence-electron chi connectivity index (χ3n) is 6.45. The van der Waals surface area contributed by atoms with Gasteiger partial charge in [0.05, 0.1) is 6.61 Å². The maximum atomic E-state index is 12.4. The summed E-state index contributed by atoms with van der Waals surface area (Å²) in [5.74, 6) is 1.16. The molecule has 2 unspecified atom stereocenters. The summed E-state index contributed by atoms with van der Waals surface area (Å²) in [6, 6.07) is 14.6. The Hall–Kier alpha value is -3.02. The number of hydrogen-bond donors (Lipinski definition) is 2. The molecule has 6 nitrogen and oxygen atoms in total. The standard InChI is InChI=1S/C26H33N3O3/c1-29(2)25(30)22-5-3-7-23(16-22)28-26(31)27-17-18-8-10-19(11-9-18)20-12-13-24-21(15-20)6-4-14-32-24/h8-13,15,22-23H,3-7,14,16-17H2,1-2H3,(H2,27,28,31). The molecule has 170 valence electrons. The molecule has 6 heteroatoms. The smallest absolute Gasteiger partial charge is 0.315 e. The lowest BCUT2D eigenvalue weighted by atomic mass is 9.85. The fourth-order valence-corrected chi connectivity index (χ4v) is 4.68. The van der Waals surface area contributed by atoms with Crippen LogP contribution in [0.1, 0.15) is 43.2 Å². The molecule has 1 saturated carbocycles. The molecular formula is C26H33N3O3. The molecule has 1 heterocycles. The third-order valence-corrected chi connectivity index (χ3v) is 6.45. The minimum Gasteiger partial charge on any atom is -0.493 e. The monoisotopic (exact) mass is 435 g/mol. The van der Waals surface area contributed by atoms with Gasteiger partial charge < -0.3 is 20.3 Å². The van der Waals surface area contributed by atoms with Crippen molar-refractivity contribution in [2.75, 3.05) is 20.7 Å². The highest BCUT2D eigenvalue weighted by molar-refractivity contribution is 5.79. The second-order valence-corrected chi connectivity index (χ2v) is 9.09. The van der Waals surface area contributed by atoms with Crippen LogP contribution in [-0.2, 0) is 17.8 Å². The first-order chi connectivity index (χ1) is 15.5. The summed E-state index contributed by atoms with van der Waals surface area (Å²) in [6.45, 7) is 1.27. The first-order valence-corrected chi connectivity index (χ1v) is 11.6. The van der Waals surface area contributed by atoms with Gasteiger partial charge in [0.2, 0.25) is 5.91 Å². The van der Waals surface area contributed by atoms with Gasteiger partial charge in [-0.05, 0) is 66.5 Å². The normalized spacial score (nSPS) is 19.9. The number of fused-ring (bicyclic) bond motifs is 1. The molecule has 2 N–H and O–H groups in total. The Morgan fingerprint density at radius 2 is 1.81 bits per heavy atom. The Bertz CT molecular complexity index is 955. The number of hydrogen-bond acceptors (Lipinski definition) is 3. The largest absolute Gasteiger partial charge is 0.493 e. The van der Waals surface area contributed by atoms with Crippen LogP contribution in [0.15, 0.2) is 42.5 Å². The van der Waals surface area contributed by atoms with Crippen LogP contribution in [0.2, 0.25) is 0 Å². The number of urea groups is 1. The van der Waals surface area contributed by atoms with Crippen molar-refractivity contribution in [3.63, 3.8) is 0 Å². The quantitative estimate of drug-likeness (QED) is 0.742. The predicted octanol–water partition coefficient (Wildman–Crippen LogP) is 4.12. The molecule has 0 radical (unpaired) electrons. The molecule has 4 rings (SSSR count). The van der Waals surface area contributed by atoms with Gasteiger partial charge in [-0.1, -0.05) is 36.8 Å². The number of carbonyl (C=O) groups is 2. The Balaban J connectivity index is 1.28. The summed E-state index contributed by atoms with van der Waals surface area (Å²) in [4.78, 5) is 26.3. The van der Waals surface area contributed by atoms with Crippen LogP contribution in [0.3, 0.4) is 0 Å². The molecule has 2 atom stereocenters. The van der Waals surface area contributed by atoms with Gasteiger partial charge in [-0.15, -0.1) is 0 Å². The van der Waals surface area contributed by atoms with E-state index in [1.807, 2.05) is 0 Å². The highest BCUT2D eigenvalue weighted by atomic mass is 16.5. The Morgan fingerprint density at radius 3 is 2.59 bits per heavy atom. The van der Waals surface area contributed by atoms with Crippen molar-refractivity contribution in [1.29, 1.82) is 0 Å². The third kappa shape index (κ3) is 5.42. The fraction of sp³-hybridized carbons (Fsp3) is 0.462. The highest BCUT2D eigenvalue weighted by Gasteiger charge is 2.28. The molecule has 0 bridgehead atoms. The van der Waals surface area contributed by atoms with Crippen LogP contribution in [0, 0.1) is 5.92 Å². The van der Waals surface area contributed by atoms with Gasteiger partial charge in [-0.2, -0.15) is 0 Å². The molecular weight excluding hydrogens is 402 g/mol. The van der Waals surface area contributed by atoms with Crippen LogP contribution in [0.4, 0.5) is 4.79 Å². The van der Waals surface area contributed by atoms with Gasteiger partial charge >= 0.3 is 6.03 Å². The number of amides is 3. The maximum Gasteiger partial charge on any atom is 0.315 e. The summed E-state index contributed by atoms with van der Waals surface area (Å²) >= 11 is 0. The van der Waals surface area contributed by atoms with Crippen molar-refractivity contribution in [2.45, 2.75) is 51.1 Å². The van der Waals surface area contributed by atoms with E-state index in [9.17, 15) is 9.59 Å². The first-order valence-electron chi connectivity index (χ1n) is 11.6. The van der Waals surface area contributed by atoms with Crippen molar-refractivity contribution < 1.29 is 14.3 Å². The zero-order chi connectivity index (χ0) is 22.5. The zero-order valence-corrected chi connectivity index (χ0v) is 19.0. The Kier molecular flexibility index (Phi) is 6.98. The minimum absolute atomic E-state index is 0.00625. The molecule has 2 aliphatic rings. The summed E-state index contributed by atoms with van der Waals surface area (Å²) in [5.41, 5.74) is 4.67. The molecule has 1 fully saturated rings. The maximum absolute atomic E-state index is 12.4. The van der Waals surface area contributed by atoms with E-state index in [0.29, 0.717) is 13.0 Å².